The number of pyridine rings is 2. The lowest BCUT2D eigenvalue weighted by atomic mass is 9.76. The standard InChI is InChI=1S/C26H30N6/c27-24-17-23(25-26(29-24)31-32-30-25)22(21-6-2-1-3-7-21)8-4-5-18-9-11-19(12-10-18)20-13-15-28-16-14-20/h1-3,6-7,13-19,22H,4-5,8-12H2,(H3,27,29,30,31,32). The van der Waals surface area contributed by atoms with Crippen LogP contribution in [0.3, 0.4) is 0 Å². The summed E-state index contributed by atoms with van der Waals surface area (Å²) in [6.07, 6.45) is 12.6. The monoisotopic (exact) mass is 426 g/mol. The van der Waals surface area contributed by atoms with Gasteiger partial charge in [-0.2, -0.15) is 10.3 Å². The minimum absolute atomic E-state index is 0.238. The third-order valence-corrected chi connectivity index (χ3v) is 7.05. The predicted molar refractivity (Wildman–Crippen MR) is 127 cm³/mol. The van der Waals surface area contributed by atoms with Crippen LogP contribution in [0.4, 0.5) is 5.82 Å². The maximum absolute atomic E-state index is 6.11. The summed E-state index contributed by atoms with van der Waals surface area (Å²) in [5, 5.41) is 11.3. The number of fused-ring (bicyclic) bond motifs is 1. The average molecular weight is 427 g/mol. The lowest BCUT2D eigenvalue weighted by Gasteiger charge is -2.29. The first kappa shape index (κ1) is 20.6. The van der Waals surface area contributed by atoms with Crippen molar-refractivity contribution in [2.45, 2.75) is 56.8 Å². The average Bonchev–Trinajstić information content (AvgIpc) is 3.31. The Morgan fingerprint density at radius 1 is 0.969 bits per heavy atom. The second-order valence-corrected chi connectivity index (χ2v) is 9.02. The Bertz CT molecular complexity index is 1130. The number of H-pyrrole nitrogens is 1. The normalized spacial score (nSPS) is 19.8. The molecular weight excluding hydrogens is 396 g/mol. The highest BCUT2D eigenvalue weighted by Gasteiger charge is 2.24. The van der Waals surface area contributed by atoms with Crippen molar-refractivity contribution in [3.63, 3.8) is 0 Å². The Labute approximate surface area is 188 Å². The van der Waals surface area contributed by atoms with E-state index in [1.807, 2.05) is 18.5 Å². The van der Waals surface area contributed by atoms with Crippen LogP contribution in [0, 0.1) is 5.92 Å². The number of aromatic amines is 1. The van der Waals surface area contributed by atoms with E-state index < -0.39 is 0 Å². The molecule has 1 unspecified atom stereocenters. The van der Waals surface area contributed by atoms with Gasteiger partial charge in [0, 0.05) is 18.3 Å². The zero-order valence-corrected chi connectivity index (χ0v) is 18.3. The number of anilines is 1. The largest absolute Gasteiger partial charge is 0.384 e. The van der Waals surface area contributed by atoms with Gasteiger partial charge in [0.1, 0.15) is 11.3 Å². The Kier molecular flexibility index (Phi) is 6.10. The van der Waals surface area contributed by atoms with Gasteiger partial charge < -0.3 is 5.73 Å². The second-order valence-electron chi connectivity index (χ2n) is 9.02. The first-order valence-electron chi connectivity index (χ1n) is 11.7. The van der Waals surface area contributed by atoms with Crippen molar-refractivity contribution in [3.8, 4) is 0 Å². The van der Waals surface area contributed by atoms with Crippen molar-refractivity contribution in [3.05, 3.63) is 77.6 Å². The van der Waals surface area contributed by atoms with Crippen molar-refractivity contribution >= 4 is 17.0 Å². The summed E-state index contributed by atoms with van der Waals surface area (Å²) in [5.41, 5.74) is 11.4. The molecule has 0 radical (unpaired) electrons. The molecule has 3 aromatic heterocycles. The summed E-state index contributed by atoms with van der Waals surface area (Å²) >= 11 is 0. The predicted octanol–water partition coefficient (Wildman–Crippen LogP) is 5.61. The lowest BCUT2D eigenvalue weighted by Crippen LogP contribution is -2.14. The number of hydrogen-bond acceptors (Lipinski definition) is 5. The van der Waals surface area contributed by atoms with Crippen molar-refractivity contribution in [1.29, 1.82) is 0 Å². The summed E-state index contributed by atoms with van der Waals surface area (Å²) in [7, 11) is 0. The molecule has 0 bridgehead atoms. The van der Waals surface area contributed by atoms with Gasteiger partial charge in [0.25, 0.3) is 0 Å². The van der Waals surface area contributed by atoms with Gasteiger partial charge in [0.05, 0.1) is 0 Å². The third-order valence-electron chi connectivity index (χ3n) is 7.05. The maximum Gasteiger partial charge on any atom is 0.203 e. The topological polar surface area (TPSA) is 93.4 Å². The summed E-state index contributed by atoms with van der Waals surface area (Å²) in [5.74, 6) is 2.25. The first-order valence-corrected chi connectivity index (χ1v) is 11.7. The molecule has 1 aliphatic rings. The Hall–Kier alpha value is -3.28. The highest BCUT2D eigenvalue weighted by Crippen LogP contribution is 2.39. The van der Waals surface area contributed by atoms with E-state index in [0.29, 0.717) is 17.4 Å². The zero-order chi connectivity index (χ0) is 21.8. The number of nitrogens with zero attached hydrogens (tertiary/aromatic N) is 4. The molecular formula is C26H30N6. The van der Waals surface area contributed by atoms with Gasteiger partial charge in [0.2, 0.25) is 5.65 Å². The van der Waals surface area contributed by atoms with E-state index in [9.17, 15) is 0 Å². The highest BCUT2D eigenvalue weighted by molar-refractivity contribution is 5.77. The molecule has 0 saturated heterocycles. The second kappa shape index (κ2) is 9.47. The first-order chi connectivity index (χ1) is 15.8. The van der Waals surface area contributed by atoms with E-state index in [2.05, 4.69) is 67.8 Å². The number of nitrogens with two attached hydrogens (primary N) is 1. The smallest absolute Gasteiger partial charge is 0.203 e. The van der Waals surface area contributed by atoms with Crippen molar-refractivity contribution in [1.82, 2.24) is 25.4 Å². The van der Waals surface area contributed by atoms with Crippen LogP contribution in [0.2, 0.25) is 0 Å². The number of hydrogen-bond donors (Lipinski definition) is 2. The summed E-state index contributed by atoms with van der Waals surface area (Å²) < 4.78 is 0. The van der Waals surface area contributed by atoms with Gasteiger partial charge in [-0.3, -0.25) is 4.98 Å². The Morgan fingerprint density at radius 2 is 1.75 bits per heavy atom. The van der Waals surface area contributed by atoms with Crippen molar-refractivity contribution in [2.75, 3.05) is 5.73 Å². The molecule has 1 saturated carbocycles. The van der Waals surface area contributed by atoms with E-state index in [0.717, 1.165) is 23.4 Å². The third kappa shape index (κ3) is 4.49. The number of benzene rings is 1. The number of aromatic nitrogens is 5. The van der Waals surface area contributed by atoms with E-state index in [4.69, 9.17) is 5.73 Å². The van der Waals surface area contributed by atoms with Crippen molar-refractivity contribution in [2.24, 2.45) is 5.92 Å². The molecule has 0 amide bonds. The van der Waals surface area contributed by atoms with Gasteiger partial charge in [0.15, 0.2) is 0 Å². The van der Waals surface area contributed by atoms with Crippen LogP contribution in [0.5, 0.6) is 0 Å². The molecule has 32 heavy (non-hydrogen) atoms. The minimum atomic E-state index is 0.238. The van der Waals surface area contributed by atoms with Crippen LogP contribution in [0.15, 0.2) is 60.9 Å². The molecule has 6 nitrogen and oxygen atoms in total. The molecule has 1 aromatic carbocycles. The molecule has 6 heteroatoms. The zero-order valence-electron chi connectivity index (χ0n) is 18.3. The molecule has 4 aromatic rings. The van der Waals surface area contributed by atoms with Crippen LogP contribution in [0.1, 0.15) is 73.5 Å². The maximum atomic E-state index is 6.11. The lowest BCUT2D eigenvalue weighted by molar-refractivity contribution is 0.301. The van der Waals surface area contributed by atoms with Crippen LogP contribution < -0.4 is 5.73 Å². The summed E-state index contributed by atoms with van der Waals surface area (Å²) in [6, 6.07) is 17.0. The molecule has 3 heterocycles. The molecule has 5 rings (SSSR count). The Balaban J connectivity index is 1.26. The van der Waals surface area contributed by atoms with Gasteiger partial charge in [-0.05, 0) is 78.8 Å². The molecule has 0 aliphatic heterocycles. The van der Waals surface area contributed by atoms with Crippen LogP contribution >= 0.6 is 0 Å². The molecule has 1 fully saturated rings. The highest BCUT2D eigenvalue weighted by atomic mass is 15.3. The van der Waals surface area contributed by atoms with Gasteiger partial charge in [-0.15, -0.1) is 5.10 Å². The minimum Gasteiger partial charge on any atom is -0.384 e. The van der Waals surface area contributed by atoms with Crippen LogP contribution in [0.25, 0.3) is 11.2 Å². The quantitative estimate of drug-likeness (QED) is 0.401. The number of nitrogen functional groups attached to an aromatic ring is 1. The Morgan fingerprint density at radius 3 is 2.53 bits per heavy atom. The fourth-order valence-electron chi connectivity index (χ4n) is 5.36. The van der Waals surface area contributed by atoms with Gasteiger partial charge in [-0.1, -0.05) is 43.2 Å². The van der Waals surface area contributed by atoms with Crippen molar-refractivity contribution < 1.29 is 0 Å². The summed E-state index contributed by atoms with van der Waals surface area (Å²) in [6.45, 7) is 0. The number of rotatable bonds is 7. The molecule has 164 valence electrons. The van der Waals surface area contributed by atoms with E-state index in [1.165, 1.54) is 49.7 Å². The van der Waals surface area contributed by atoms with E-state index in [1.54, 1.807) is 0 Å². The van der Waals surface area contributed by atoms with Gasteiger partial charge >= 0.3 is 0 Å². The van der Waals surface area contributed by atoms with E-state index in [-0.39, 0.29) is 5.92 Å². The molecule has 1 atom stereocenters. The fraction of sp³-hybridized carbons (Fsp3) is 0.385. The molecule has 1 aliphatic carbocycles. The van der Waals surface area contributed by atoms with Gasteiger partial charge in [-0.25, -0.2) is 4.98 Å². The number of nitrogens with one attached hydrogen (secondary N) is 1. The molecule has 3 N–H and O–H groups in total. The van der Waals surface area contributed by atoms with Crippen LogP contribution in [-0.2, 0) is 0 Å². The fourth-order valence-corrected chi connectivity index (χ4v) is 5.36. The molecule has 0 spiro atoms. The van der Waals surface area contributed by atoms with Crippen LogP contribution in [-0.4, -0.2) is 25.4 Å². The summed E-state index contributed by atoms with van der Waals surface area (Å²) in [4.78, 5) is 8.49. The van der Waals surface area contributed by atoms with E-state index >= 15 is 0 Å². The SMILES string of the molecule is Nc1cc(C(CCCC2CCC(c3ccncc3)CC2)c2ccccc2)c2n[nH]nc2n1.